The molecule has 1 saturated carbocycles. The first kappa shape index (κ1) is 22.1. The molecule has 2 fully saturated rings. The van der Waals surface area contributed by atoms with E-state index in [4.69, 9.17) is 0 Å². The van der Waals surface area contributed by atoms with Crippen LogP contribution < -0.4 is 4.90 Å². The molecule has 0 bridgehead atoms. The molecule has 2 aromatic carbocycles. The Morgan fingerprint density at radius 2 is 1.80 bits per heavy atom. The van der Waals surface area contributed by atoms with Gasteiger partial charge in [-0.3, -0.25) is 9.69 Å². The second-order valence-corrected chi connectivity index (χ2v) is 10.9. The largest absolute Gasteiger partial charge is 0.368 e. The molecule has 4 nitrogen and oxygen atoms in total. The van der Waals surface area contributed by atoms with E-state index in [2.05, 4.69) is 53.7 Å². The van der Waals surface area contributed by atoms with Gasteiger partial charge >= 0.3 is 0 Å². The Kier molecular flexibility index (Phi) is 5.13. The minimum atomic E-state index is -0.273. The number of anilines is 1. The highest BCUT2D eigenvalue weighted by Crippen LogP contribution is 2.51. The highest BCUT2D eigenvalue weighted by molar-refractivity contribution is 6.33. The molecule has 0 N–H and O–H groups in total. The summed E-state index contributed by atoms with van der Waals surface area (Å²) in [6.45, 7) is 10.5. The zero-order valence-electron chi connectivity index (χ0n) is 20.9. The van der Waals surface area contributed by atoms with E-state index in [1.54, 1.807) is 0 Å². The number of benzene rings is 2. The highest BCUT2D eigenvalue weighted by Gasteiger charge is 2.43. The number of carbonyl (C=O) groups is 1. The number of nitrogens with zero attached hydrogens (tertiary/aromatic N) is 3. The normalized spacial score (nSPS) is 20.9. The third kappa shape index (κ3) is 3.35. The molecule has 0 unspecified atom stereocenters. The van der Waals surface area contributed by atoms with E-state index in [9.17, 15) is 10.1 Å². The zero-order chi connectivity index (χ0) is 24.3. The van der Waals surface area contributed by atoms with Crippen molar-refractivity contribution >= 4 is 17.0 Å². The minimum Gasteiger partial charge on any atom is -0.368 e. The van der Waals surface area contributed by atoms with Crippen molar-refractivity contribution in [2.24, 2.45) is 0 Å². The Morgan fingerprint density at radius 1 is 1.03 bits per heavy atom. The van der Waals surface area contributed by atoms with E-state index in [1.807, 2.05) is 25.1 Å². The van der Waals surface area contributed by atoms with Gasteiger partial charge < -0.3 is 4.90 Å². The number of carbonyl (C=O) groups excluding carboxylic acids is 1. The smallest absolute Gasteiger partial charge is 0.193 e. The quantitative estimate of drug-likeness (QED) is 0.585. The minimum absolute atomic E-state index is 0.0956. The number of fused-ring (bicyclic) bond motifs is 3. The van der Waals surface area contributed by atoms with Gasteiger partial charge in [-0.15, -0.1) is 5.92 Å². The molecule has 0 atom stereocenters. The van der Waals surface area contributed by atoms with E-state index < -0.39 is 0 Å². The second kappa shape index (κ2) is 8.11. The zero-order valence-corrected chi connectivity index (χ0v) is 20.9. The molecular formula is C31H31N3O. The summed E-state index contributed by atoms with van der Waals surface area (Å²) < 4.78 is 0. The Balaban J connectivity index is 1.40. The molecule has 176 valence electrons. The lowest BCUT2D eigenvalue weighted by Gasteiger charge is -2.44. The summed E-state index contributed by atoms with van der Waals surface area (Å²) in [6, 6.07) is 13.1. The van der Waals surface area contributed by atoms with Crippen molar-refractivity contribution < 1.29 is 4.79 Å². The van der Waals surface area contributed by atoms with E-state index in [0.717, 1.165) is 72.0 Å². The van der Waals surface area contributed by atoms with Crippen LogP contribution >= 0.6 is 0 Å². The Labute approximate surface area is 208 Å². The first-order valence-corrected chi connectivity index (χ1v) is 12.8. The lowest BCUT2D eigenvalue weighted by atomic mass is 9.68. The van der Waals surface area contributed by atoms with Crippen LogP contribution in [0.1, 0.15) is 78.2 Å². The van der Waals surface area contributed by atoms with Gasteiger partial charge in [-0.05, 0) is 72.7 Å². The summed E-state index contributed by atoms with van der Waals surface area (Å²) >= 11 is 0. The molecule has 0 aromatic heterocycles. The van der Waals surface area contributed by atoms with Gasteiger partial charge in [-0.1, -0.05) is 32.3 Å². The van der Waals surface area contributed by atoms with Gasteiger partial charge in [0.25, 0.3) is 0 Å². The number of hydrogen-bond acceptors (Lipinski definition) is 4. The van der Waals surface area contributed by atoms with Crippen LogP contribution in [0.15, 0.2) is 35.9 Å². The van der Waals surface area contributed by atoms with Gasteiger partial charge in [-0.25, -0.2) is 0 Å². The van der Waals surface area contributed by atoms with Crippen molar-refractivity contribution in [3.05, 3.63) is 69.3 Å². The molecular weight excluding hydrogens is 430 g/mol. The van der Waals surface area contributed by atoms with Gasteiger partial charge in [-0.2, -0.15) is 5.26 Å². The molecule has 1 heterocycles. The number of nitriles is 1. The van der Waals surface area contributed by atoms with Crippen molar-refractivity contribution in [2.45, 2.75) is 57.9 Å². The predicted molar refractivity (Wildman–Crippen MR) is 140 cm³/mol. The SMILES string of the molecule is CC#Cc1cc2c(cc1N1CCN(C3CCC3)CC1)C(C)(C)C1=C(C2=O)c2ccc(C#N)cc2C1. The van der Waals surface area contributed by atoms with Crippen LogP contribution in [-0.2, 0) is 11.8 Å². The number of rotatable bonds is 2. The molecule has 0 spiro atoms. The third-order valence-electron chi connectivity index (χ3n) is 8.71. The summed E-state index contributed by atoms with van der Waals surface area (Å²) in [5.74, 6) is 6.49. The van der Waals surface area contributed by atoms with Crippen LogP contribution in [0.2, 0.25) is 0 Å². The lowest BCUT2D eigenvalue weighted by Crippen LogP contribution is -2.52. The van der Waals surface area contributed by atoms with Crippen LogP contribution in [0.25, 0.3) is 5.57 Å². The van der Waals surface area contributed by atoms with Gasteiger partial charge in [0.2, 0.25) is 0 Å². The first-order chi connectivity index (χ1) is 16.9. The summed E-state index contributed by atoms with van der Waals surface area (Å²) in [7, 11) is 0. The van der Waals surface area contributed by atoms with Crippen molar-refractivity contribution in [2.75, 3.05) is 31.1 Å². The molecule has 4 aliphatic rings. The molecule has 0 radical (unpaired) electrons. The van der Waals surface area contributed by atoms with Crippen LogP contribution in [0.4, 0.5) is 5.69 Å². The molecule has 1 aliphatic heterocycles. The maximum atomic E-state index is 13.9. The number of ketones is 1. The van der Waals surface area contributed by atoms with Crippen LogP contribution in [0, 0.1) is 23.2 Å². The summed E-state index contributed by atoms with van der Waals surface area (Å²) in [4.78, 5) is 19.0. The Morgan fingerprint density at radius 3 is 2.46 bits per heavy atom. The fourth-order valence-electron chi connectivity index (χ4n) is 6.45. The number of hydrogen-bond donors (Lipinski definition) is 0. The molecule has 4 heteroatoms. The van der Waals surface area contributed by atoms with Crippen LogP contribution in [0.5, 0.6) is 0 Å². The third-order valence-corrected chi connectivity index (χ3v) is 8.71. The maximum Gasteiger partial charge on any atom is 0.193 e. The van der Waals surface area contributed by atoms with Gasteiger partial charge in [0.05, 0.1) is 17.3 Å². The monoisotopic (exact) mass is 461 g/mol. The first-order valence-electron chi connectivity index (χ1n) is 12.8. The second-order valence-electron chi connectivity index (χ2n) is 10.9. The average Bonchev–Trinajstić information content (AvgIpc) is 3.22. The molecule has 3 aliphatic carbocycles. The van der Waals surface area contributed by atoms with Crippen molar-refractivity contribution in [3.8, 4) is 17.9 Å². The van der Waals surface area contributed by atoms with E-state index in [1.165, 1.54) is 30.5 Å². The van der Waals surface area contributed by atoms with Crippen molar-refractivity contribution in [1.29, 1.82) is 5.26 Å². The molecule has 6 rings (SSSR count). The summed E-state index contributed by atoms with van der Waals surface area (Å²) in [5.41, 5.74) is 8.46. The number of piperazine rings is 1. The molecule has 1 saturated heterocycles. The van der Waals surface area contributed by atoms with E-state index in [0.29, 0.717) is 5.56 Å². The Hall–Kier alpha value is -3.34. The lowest BCUT2D eigenvalue weighted by molar-refractivity contribution is 0.105. The van der Waals surface area contributed by atoms with E-state index >= 15 is 0 Å². The van der Waals surface area contributed by atoms with Crippen LogP contribution in [-0.4, -0.2) is 42.9 Å². The topological polar surface area (TPSA) is 47.3 Å². The van der Waals surface area contributed by atoms with Crippen molar-refractivity contribution in [3.63, 3.8) is 0 Å². The maximum absolute atomic E-state index is 13.9. The van der Waals surface area contributed by atoms with Gasteiger partial charge in [0.15, 0.2) is 5.78 Å². The summed E-state index contributed by atoms with van der Waals surface area (Å²) in [5, 5.41) is 9.37. The predicted octanol–water partition coefficient (Wildman–Crippen LogP) is 5.09. The van der Waals surface area contributed by atoms with Gasteiger partial charge in [0.1, 0.15) is 0 Å². The average molecular weight is 462 g/mol. The summed E-state index contributed by atoms with van der Waals surface area (Å²) in [6.07, 6.45) is 4.79. The number of allylic oxidation sites excluding steroid dienone is 2. The molecule has 0 amide bonds. The van der Waals surface area contributed by atoms with Crippen LogP contribution in [0.3, 0.4) is 0 Å². The fraction of sp³-hybridized carbons (Fsp3) is 0.419. The Bertz CT molecular complexity index is 1380. The number of Topliss-reactive ketones (excluding diaryl/α,β-unsaturated/α-hetero) is 1. The fourth-order valence-corrected chi connectivity index (χ4v) is 6.45. The standard InChI is InChI=1S/C31H31N3O/c1-4-6-21-16-25-26(18-28(21)34-13-11-33(12-14-34)23-7-5-8-23)31(2,3)27-17-22-15-20(19-32)9-10-24(22)29(27)30(25)35/h9-10,15-16,18,23H,5,7-8,11-14,17H2,1-3H3. The highest BCUT2D eigenvalue weighted by atomic mass is 16.1. The molecule has 35 heavy (non-hydrogen) atoms. The van der Waals surface area contributed by atoms with Gasteiger partial charge in [0, 0.05) is 54.3 Å². The molecule has 2 aromatic rings. The van der Waals surface area contributed by atoms with E-state index in [-0.39, 0.29) is 11.2 Å². The van der Waals surface area contributed by atoms with Crippen molar-refractivity contribution in [1.82, 2.24) is 4.90 Å².